The number of amides is 1. The van der Waals surface area contributed by atoms with E-state index in [4.69, 9.17) is 23.2 Å². The number of carbonyl (C=O) groups excluding carboxylic acids is 1. The number of thiophene rings is 1. The van der Waals surface area contributed by atoms with Crippen LogP contribution in [-0.2, 0) is 10.0 Å². The highest BCUT2D eigenvalue weighted by molar-refractivity contribution is 7.90. The second-order valence-corrected chi connectivity index (χ2v) is 10.3. The first kappa shape index (κ1) is 21.1. The number of hydrogen-bond donors (Lipinski definition) is 1. The number of anilines is 1. The fourth-order valence-electron chi connectivity index (χ4n) is 2.86. The van der Waals surface area contributed by atoms with Crippen molar-refractivity contribution in [1.29, 1.82) is 0 Å². The molecule has 10 heteroatoms. The van der Waals surface area contributed by atoms with E-state index >= 15 is 0 Å². The van der Waals surface area contributed by atoms with Gasteiger partial charge in [0.15, 0.2) is 0 Å². The number of rotatable bonds is 4. The molecule has 1 fully saturated rings. The van der Waals surface area contributed by atoms with Gasteiger partial charge in [0.1, 0.15) is 10.2 Å². The van der Waals surface area contributed by atoms with E-state index in [0.717, 1.165) is 37.1 Å². The fraction of sp³-hybridized carbons (Fsp3) is 0.333. The molecule has 6 nitrogen and oxygen atoms in total. The van der Waals surface area contributed by atoms with Gasteiger partial charge in [-0.15, -0.1) is 15.7 Å². The Kier molecular flexibility index (Phi) is 6.65. The van der Waals surface area contributed by atoms with Crippen LogP contribution in [0.2, 0.25) is 8.67 Å². The Labute approximate surface area is 178 Å². The molecule has 1 aromatic carbocycles. The Morgan fingerprint density at radius 3 is 2.71 bits per heavy atom. The maximum absolute atomic E-state index is 12.8. The standard InChI is InChI=1S/C18H19Cl2N3O3S2/c1-23-9-4-2-3-8-16(23)22-28(25,26)13-7-5-6-12(10-13)21-18(24)14-11-15(19)27-17(14)20/h5-7,10-11H,2-4,8-9H2,1H3,(H,21,24)/b22-16+. The summed E-state index contributed by atoms with van der Waals surface area (Å²) in [4.78, 5) is 14.3. The van der Waals surface area contributed by atoms with Crippen LogP contribution in [0.1, 0.15) is 36.0 Å². The predicted octanol–water partition coefficient (Wildman–Crippen LogP) is 4.90. The molecular weight excluding hydrogens is 441 g/mol. The first-order chi connectivity index (χ1) is 13.3. The van der Waals surface area contributed by atoms with Crippen molar-refractivity contribution in [3.8, 4) is 0 Å². The first-order valence-electron chi connectivity index (χ1n) is 8.67. The largest absolute Gasteiger partial charge is 0.362 e. The quantitative estimate of drug-likeness (QED) is 0.704. The zero-order chi connectivity index (χ0) is 20.3. The molecule has 3 rings (SSSR count). The Morgan fingerprint density at radius 1 is 1.21 bits per heavy atom. The van der Waals surface area contributed by atoms with Crippen molar-refractivity contribution in [2.45, 2.75) is 30.6 Å². The van der Waals surface area contributed by atoms with Gasteiger partial charge < -0.3 is 10.2 Å². The van der Waals surface area contributed by atoms with Crippen molar-refractivity contribution in [2.75, 3.05) is 18.9 Å². The minimum Gasteiger partial charge on any atom is -0.362 e. The average molecular weight is 460 g/mol. The minimum atomic E-state index is -3.89. The van der Waals surface area contributed by atoms with Gasteiger partial charge in [0.2, 0.25) is 0 Å². The molecule has 2 heterocycles. The van der Waals surface area contributed by atoms with Crippen LogP contribution in [0.3, 0.4) is 0 Å². The van der Waals surface area contributed by atoms with E-state index in [9.17, 15) is 13.2 Å². The highest BCUT2D eigenvalue weighted by Crippen LogP contribution is 2.31. The topological polar surface area (TPSA) is 78.8 Å². The third kappa shape index (κ3) is 5.05. The molecule has 1 saturated heterocycles. The SMILES string of the molecule is CN1CCCCC/C1=N\S(=O)(=O)c1cccc(NC(=O)c2cc(Cl)sc2Cl)c1. The van der Waals surface area contributed by atoms with E-state index in [-0.39, 0.29) is 14.8 Å². The number of nitrogens with one attached hydrogen (secondary N) is 1. The lowest BCUT2D eigenvalue weighted by Gasteiger charge is -2.17. The zero-order valence-corrected chi connectivity index (χ0v) is 18.3. The molecule has 2 aromatic rings. The molecule has 1 aromatic heterocycles. The summed E-state index contributed by atoms with van der Waals surface area (Å²) in [5, 5.41) is 2.65. The van der Waals surface area contributed by atoms with Gasteiger partial charge in [-0.2, -0.15) is 8.42 Å². The van der Waals surface area contributed by atoms with Crippen LogP contribution in [0.4, 0.5) is 5.69 Å². The number of halogens is 2. The van der Waals surface area contributed by atoms with Crippen molar-refractivity contribution in [3.05, 3.63) is 44.6 Å². The maximum Gasteiger partial charge on any atom is 0.284 e. The van der Waals surface area contributed by atoms with Crippen molar-refractivity contribution in [3.63, 3.8) is 0 Å². The molecule has 28 heavy (non-hydrogen) atoms. The number of amidine groups is 1. The number of likely N-dealkylation sites (tertiary alicyclic amines) is 1. The Bertz CT molecular complexity index is 1020. The molecule has 1 aliphatic heterocycles. The molecular formula is C18H19Cl2N3O3S2. The van der Waals surface area contributed by atoms with Crippen LogP contribution in [0.5, 0.6) is 0 Å². The van der Waals surface area contributed by atoms with Crippen LogP contribution in [-0.4, -0.2) is 38.7 Å². The zero-order valence-electron chi connectivity index (χ0n) is 15.1. The van der Waals surface area contributed by atoms with Gasteiger partial charge in [-0.1, -0.05) is 35.7 Å². The molecule has 1 N–H and O–H groups in total. The summed E-state index contributed by atoms with van der Waals surface area (Å²) in [5.41, 5.74) is 0.573. The molecule has 0 aliphatic carbocycles. The minimum absolute atomic E-state index is 0.0184. The molecule has 0 saturated carbocycles. The van der Waals surface area contributed by atoms with E-state index in [1.165, 1.54) is 18.2 Å². The lowest BCUT2D eigenvalue weighted by atomic mass is 10.2. The molecule has 0 unspecified atom stereocenters. The third-order valence-corrected chi connectivity index (χ3v) is 7.14. The van der Waals surface area contributed by atoms with Crippen molar-refractivity contribution in [1.82, 2.24) is 4.90 Å². The highest BCUT2D eigenvalue weighted by atomic mass is 35.5. The number of nitrogens with zero attached hydrogens (tertiary/aromatic N) is 2. The Balaban J connectivity index is 1.84. The summed E-state index contributed by atoms with van der Waals surface area (Å²) >= 11 is 13.0. The van der Waals surface area contributed by atoms with Crippen molar-refractivity contribution < 1.29 is 13.2 Å². The van der Waals surface area contributed by atoms with E-state index < -0.39 is 15.9 Å². The van der Waals surface area contributed by atoms with Crippen molar-refractivity contribution in [2.24, 2.45) is 4.40 Å². The van der Waals surface area contributed by atoms with Crippen LogP contribution in [0.15, 0.2) is 39.6 Å². The van der Waals surface area contributed by atoms with Gasteiger partial charge in [0, 0.05) is 25.7 Å². The lowest BCUT2D eigenvalue weighted by molar-refractivity contribution is 0.102. The van der Waals surface area contributed by atoms with Gasteiger partial charge in [-0.3, -0.25) is 4.79 Å². The maximum atomic E-state index is 12.8. The Morgan fingerprint density at radius 2 is 2.00 bits per heavy atom. The summed E-state index contributed by atoms with van der Waals surface area (Å²) < 4.78 is 30.2. The van der Waals surface area contributed by atoms with Gasteiger partial charge in [0.05, 0.1) is 14.8 Å². The van der Waals surface area contributed by atoms with Crippen LogP contribution in [0, 0.1) is 0 Å². The Hall–Kier alpha value is -1.61. The molecule has 0 radical (unpaired) electrons. The summed E-state index contributed by atoms with van der Waals surface area (Å²) in [6.45, 7) is 0.786. The molecule has 1 amide bonds. The number of carbonyl (C=O) groups is 1. The van der Waals surface area contributed by atoms with Gasteiger partial charge >= 0.3 is 0 Å². The first-order valence-corrected chi connectivity index (χ1v) is 11.7. The normalized spacial score (nSPS) is 16.8. The van der Waals surface area contributed by atoms with E-state index in [2.05, 4.69) is 9.71 Å². The summed E-state index contributed by atoms with van der Waals surface area (Å²) in [6.07, 6.45) is 3.62. The summed E-state index contributed by atoms with van der Waals surface area (Å²) in [7, 11) is -2.03. The van der Waals surface area contributed by atoms with Gasteiger partial charge in [0.25, 0.3) is 15.9 Å². The fourth-order valence-corrected chi connectivity index (χ4v) is 5.46. The summed E-state index contributed by atoms with van der Waals surface area (Å²) in [6, 6.07) is 7.47. The van der Waals surface area contributed by atoms with E-state index in [1.807, 2.05) is 11.9 Å². The number of sulfonamides is 1. The number of hydrogen-bond acceptors (Lipinski definition) is 4. The van der Waals surface area contributed by atoms with Gasteiger partial charge in [-0.25, -0.2) is 0 Å². The smallest absolute Gasteiger partial charge is 0.284 e. The molecule has 0 atom stereocenters. The molecule has 150 valence electrons. The average Bonchev–Trinajstić information content (AvgIpc) is 2.85. The van der Waals surface area contributed by atoms with Crippen LogP contribution in [0.25, 0.3) is 0 Å². The van der Waals surface area contributed by atoms with Crippen molar-refractivity contribution >= 4 is 62.0 Å². The molecule has 0 bridgehead atoms. The highest BCUT2D eigenvalue weighted by Gasteiger charge is 2.20. The third-order valence-electron chi connectivity index (χ3n) is 4.35. The summed E-state index contributed by atoms with van der Waals surface area (Å²) in [5.74, 6) is 0.101. The van der Waals surface area contributed by atoms with E-state index in [1.54, 1.807) is 12.1 Å². The second-order valence-electron chi connectivity index (χ2n) is 6.43. The molecule has 0 spiro atoms. The van der Waals surface area contributed by atoms with Crippen LogP contribution < -0.4 is 5.32 Å². The molecule has 1 aliphatic rings. The second kappa shape index (κ2) is 8.82. The predicted molar refractivity (Wildman–Crippen MR) is 114 cm³/mol. The monoisotopic (exact) mass is 459 g/mol. The van der Waals surface area contributed by atoms with Crippen LogP contribution >= 0.6 is 34.5 Å². The lowest BCUT2D eigenvalue weighted by Crippen LogP contribution is -2.26. The van der Waals surface area contributed by atoms with Gasteiger partial charge in [-0.05, 0) is 37.1 Å². The van der Waals surface area contributed by atoms with E-state index in [0.29, 0.717) is 22.3 Å². The number of benzene rings is 1.